The van der Waals surface area contributed by atoms with Crippen LogP contribution in [0.25, 0.3) is 0 Å². The minimum atomic E-state index is -0.750. The minimum Gasteiger partial charge on any atom is -0.412 e. The lowest BCUT2D eigenvalue weighted by Gasteiger charge is -1.55. The third-order valence-electron chi connectivity index (χ3n) is 0. The largest absolute Gasteiger partial charge is 0.412 e. The molecule has 0 unspecified atom stereocenters. The predicted molar refractivity (Wildman–Crippen MR) is 16.5 cm³/mol. The number of aliphatic hydroxyl groups excluding tert-OH is 1. The van der Waals surface area contributed by atoms with E-state index in [1.807, 2.05) is 0 Å². The maximum absolute atomic E-state index is 7.12. The molecule has 0 heterocycles. The zero-order chi connectivity index (χ0) is 2.71. The fourth-order valence-electron chi connectivity index (χ4n) is 0. The molecule has 0 aliphatic rings. The molecule has 0 bridgehead atoms. The normalized spacial score (nSPS) is 3.60. The molecule has 0 rings (SSSR count). The summed E-state index contributed by atoms with van der Waals surface area (Å²) in [5.74, 6) is 0. The van der Waals surface area contributed by atoms with Gasteiger partial charge < -0.3 is 21.2 Å². The molecule has 0 saturated heterocycles. The van der Waals surface area contributed by atoms with Crippen LogP contribution < -0.4 is 0 Å². The topological polar surface area (TPSA) is 103 Å². The second-order valence-electron chi connectivity index (χ2n) is 0.141. The second-order valence-corrected chi connectivity index (χ2v) is 0.141. The molecule has 36 valence electrons. The monoisotopic (exact) mass is 84.0 g/mol. The van der Waals surface area contributed by atoms with E-state index in [0.29, 0.717) is 0 Å². The van der Waals surface area contributed by atoms with Gasteiger partial charge in [-0.1, -0.05) is 0 Å². The molecule has 0 aromatic heterocycles. The summed E-state index contributed by atoms with van der Waals surface area (Å²) in [5.41, 5.74) is 0. The maximum Gasteiger partial charge on any atom is 0.140 e. The molecule has 0 aliphatic heterocycles. The highest BCUT2D eigenvalue weighted by molar-refractivity contribution is 3.50. The summed E-state index contributed by atoms with van der Waals surface area (Å²) in [6.45, 7) is -0.750. The van der Waals surface area contributed by atoms with Crippen LogP contribution in [-0.4, -0.2) is 28.0 Å². The summed E-state index contributed by atoms with van der Waals surface area (Å²) in [5, 5.41) is 14.2. The third kappa shape index (κ3) is 508. The molecule has 5 heavy (non-hydrogen) atoms. The van der Waals surface area contributed by atoms with Crippen LogP contribution in [-0.2, 0) is 0 Å². The van der Waals surface area contributed by atoms with Crippen LogP contribution in [0.3, 0.4) is 0 Å². The molecule has 0 radical (unpaired) electrons. The van der Waals surface area contributed by atoms with Gasteiger partial charge in [-0.25, -0.2) is 0 Å². The number of aliphatic hydroxyl groups is 2. The van der Waals surface area contributed by atoms with Crippen molar-refractivity contribution in [3.05, 3.63) is 0 Å². The summed E-state index contributed by atoms with van der Waals surface area (Å²) in [7, 11) is 0. The molecule has 0 spiro atoms. The molecule has 0 atom stereocenters. The van der Waals surface area contributed by atoms with Crippen LogP contribution in [0.2, 0.25) is 0 Å². The van der Waals surface area contributed by atoms with Crippen LogP contribution in [0.4, 0.5) is 0 Å². The second kappa shape index (κ2) is 43.9. The van der Waals surface area contributed by atoms with Crippen molar-refractivity contribution in [2.24, 2.45) is 0 Å². The van der Waals surface area contributed by atoms with Crippen molar-refractivity contribution >= 4 is 0 Å². The predicted octanol–water partition coefficient (Wildman–Crippen LogP) is -2.72. The van der Waals surface area contributed by atoms with Gasteiger partial charge in [-0.15, -0.1) is 0 Å². The van der Waals surface area contributed by atoms with Gasteiger partial charge in [0.25, 0.3) is 0 Å². The van der Waals surface area contributed by atoms with E-state index in [-0.39, 0.29) is 11.0 Å². The Morgan fingerprint density at radius 1 is 1.00 bits per heavy atom. The highest BCUT2D eigenvalue weighted by atomic mass is 16.5. The van der Waals surface area contributed by atoms with E-state index >= 15 is 0 Å². The zero-order valence-electron chi connectivity index (χ0n) is 2.60. The molecule has 0 aromatic carbocycles. The van der Waals surface area contributed by atoms with Gasteiger partial charge in [-0.2, -0.15) is 0 Å². The smallest absolute Gasteiger partial charge is 0.140 e. The van der Waals surface area contributed by atoms with Crippen molar-refractivity contribution in [3.8, 4) is 0 Å². The Kier molecular flexibility index (Phi) is 185. The van der Waals surface area contributed by atoms with E-state index in [0.717, 1.165) is 0 Å². The van der Waals surface area contributed by atoms with Crippen molar-refractivity contribution in [2.45, 2.75) is 0 Å². The average Bonchev–Trinajstić information content (AvgIpc) is 0.918. The van der Waals surface area contributed by atoms with E-state index in [9.17, 15) is 0 Å². The van der Waals surface area contributed by atoms with Crippen molar-refractivity contribution in [3.63, 3.8) is 0 Å². The average molecular weight is 84.1 g/mol. The van der Waals surface area contributed by atoms with Crippen molar-refractivity contribution in [1.29, 1.82) is 0 Å². The van der Waals surface area contributed by atoms with E-state index in [2.05, 4.69) is 0 Å². The van der Waals surface area contributed by atoms with Crippen molar-refractivity contribution < 1.29 is 21.2 Å². The van der Waals surface area contributed by atoms with E-state index in [4.69, 9.17) is 10.2 Å². The van der Waals surface area contributed by atoms with Gasteiger partial charge >= 0.3 is 0 Å². The summed E-state index contributed by atoms with van der Waals surface area (Å²) in [6.07, 6.45) is 0. The van der Waals surface area contributed by atoms with Gasteiger partial charge in [-0.05, 0) is 0 Å². The Morgan fingerprint density at radius 3 is 1.00 bits per heavy atom. The summed E-state index contributed by atoms with van der Waals surface area (Å²) in [4.78, 5) is 0. The highest BCUT2D eigenvalue weighted by Crippen LogP contribution is 1.17. The molecule has 0 aromatic rings. The Morgan fingerprint density at radius 2 is 1.00 bits per heavy atom. The Bertz CT molecular complexity index is 3.61. The first-order valence-electron chi connectivity index (χ1n) is 0.632. The van der Waals surface area contributed by atoms with Crippen LogP contribution in [0.5, 0.6) is 0 Å². The van der Waals surface area contributed by atoms with Crippen molar-refractivity contribution in [2.75, 3.05) is 6.79 Å². The maximum atomic E-state index is 7.12. The van der Waals surface area contributed by atoms with Gasteiger partial charge in [-0.3, -0.25) is 0 Å². The molecular formula is CH8O4. The molecule has 4 nitrogen and oxygen atoms in total. The Labute approximate surface area is 29.3 Å². The quantitative estimate of drug-likeness (QED) is 0.311. The van der Waals surface area contributed by atoms with Crippen LogP contribution >= 0.6 is 0 Å². The Balaban J connectivity index is -0.0000000200. The highest BCUT2D eigenvalue weighted by Gasteiger charge is 1.32. The number of hydrogen-bond donors (Lipinski definition) is 2. The first-order valence-corrected chi connectivity index (χ1v) is 0.632. The lowest BCUT2D eigenvalue weighted by Crippen LogP contribution is -1.66. The molecule has 0 fully saturated rings. The van der Waals surface area contributed by atoms with Gasteiger partial charge in [0.1, 0.15) is 6.79 Å². The fourth-order valence-corrected chi connectivity index (χ4v) is 0. The number of hydrogen-bond acceptors (Lipinski definition) is 2. The molecule has 0 amide bonds. The molecule has 6 N–H and O–H groups in total. The van der Waals surface area contributed by atoms with Gasteiger partial charge in [0.15, 0.2) is 0 Å². The van der Waals surface area contributed by atoms with E-state index < -0.39 is 6.79 Å². The Hall–Kier alpha value is -0.160. The molecular weight excluding hydrogens is 76.0 g/mol. The van der Waals surface area contributed by atoms with Gasteiger partial charge in [0.05, 0.1) is 0 Å². The first kappa shape index (κ1) is 21.1. The third-order valence-corrected chi connectivity index (χ3v) is 0. The lowest BCUT2D eigenvalue weighted by atomic mass is 11.6. The number of rotatable bonds is 0. The summed E-state index contributed by atoms with van der Waals surface area (Å²) in [6, 6.07) is 0. The zero-order valence-corrected chi connectivity index (χ0v) is 2.60. The SMILES string of the molecule is O.O.OCO. The van der Waals surface area contributed by atoms with E-state index in [1.165, 1.54) is 0 Å². The lowest BCUT2D eigenvalue weighted by molar-refractivity contribution is 0.0773. The minimum absolute atomic E-state index is 0. The summed E-state index contributed by atoms with van der Waals surface area (Å²) < 4.78 is 0. The van der Waals surface area contributed by atoms with Gasteiger partial charge in [0, 0.05) is 0 Å². The van der Waals surface area contributed by atoms with Crippen molar-refractivity contribution in [1.82, 2.24) is 0 Å². The first-order chi connectivity index (χ1) is 1.41. The summed E-state index contributed by atoms with van der Waals surface area (Å²) >= 11 is 0. The van der Waals surface area contributed by atoms with E-state index in [1.54, 1.807) is 0 Å². The fraction of sp³-hybridized carbons (Fsp3) is 1.00. The van der Waals surface area contributed by atoms with Crippen LogP contribution in [0, 0.1) is 0 Å². The van der Waals surface area contributed by atoms with Gasteiger partial charge in [0.2, 0.25) is 0 Å². The molecule has 4 heteroatoms. The molecule has 0 aliphatic carbocycles. The standard InChI is InChI=1S/CH4O2.2H2O/c2-1-3;;/h2-3H,1H2;2*1H2. The van der Waals surface area contributed by atoms with Crippen LogP contribution in [0.1, 0.15) is 0 Å². The van der Waals surface area contributed by atoms with Crippen LogP contribution in [0.15, 0.2) is 0 Å². The molecule has 0 saturated carbocycles.